The molecule has 0 spiro atoms. The monoisotopic (exact) mass is 272 g/mol. The molecule has 1 aliphatic rings. The van der Waals surface area contributed by atoms with Crippen molar-refractivity contribution in [2.45, 2.75) is 64.1 Å². The van der Waals surface area contributed by atoms with Gasteiger partial charge in [0.1, 0.15) is 0 Å². The molecule has 0 radical (unpaired) electrons. The SMILES string of the molecule is CCC1CCC(NC(=O)N[C@H](C(=O)O)[C@@H](C)O)CC1. The number of carboxylic acids is 1. The Labute approximate surface area is 113 Å². The third-order valence-corrected chi connectivity index (χ3v) is 3.79. The van der Waals surface area contributed by atoms with Crippen LogP contribution in [0.4, 0.5) is 4.79 Å². The lowest BCUT2D eigenvalue weighted by atomic mass is 9.85. The molecule has 0 bridgehead atoms. The van der Waals surface area contributed by atoms with Gasteiger partial charge in [0.25, 0.3) is 0 Å². The predicted molar refractivity (Wildman–Crippen MR) is 70.8 cm³/mol. The molecular formula is C13H24N2O4. The lowest BCUT2D eigenvalue weighted by molar-refractivity contribution is -0.141. The Morgan fingerprint density at radius 3 is 2.26 bits per heavy atom. The Morgan fingerprint density at radius 2 is 1.84 bits per heavy atom. The Bertz CT molecular complexity index is 312. The third kappa shape index (κ3) is 5.06. The van der Waals surface area contributed by atoms with Crippen molar-refractivity contribution in [3.05, 3.63) is 0 Å². The van der Waals surface area contributed by atoms with Gasteiger partial charge in [-0.3, -0.25) is 0 Å². The molecule has 0 aromatic carbocycles. The van der Waals surface area contributed by atoms with Gasteiger partial charge in [0.2, 0.25) is 0 Å². The topological polar surface area (TPSA) is 98.7 Å². The van der Waals surface area contributed by atoms with E-state index >= 15 is 0 Å². The molecule has 0 aliphatic heterocycles. The van der Waals surface area contributed by atoms with E-state index in [0.29, 0.717) is 0 Å². The van der Waals surface area contributed by atoms with E-state index < -0.39 is 24.1 Å². The summed E-state index contributed by atoms with van der Waals surface area (Å²) in [4.78, 5) is 22.5. The molecule has 1 aliphatic carbocycles. The zero-order valence-corrected chi connectivity index (χ0v) is 11.6. The molecule has 2 amide bonds. The molecule has 1 rings (SSSR count). The van der Waals surface area contributed by atoms with E-state index in [9.17, 15) is 14.7 Å². The molecule has 0 aromatic rings. The van der Waals surface area contributed by atoms with Crippen molar-refractivity contribution in [1.29, 1.82) is 0 Å². The zero-order valence-electron chi connectivity index (χ0n) is 11.6. The van der Waals surface area contributed by atoms with E-state index in [-0.39, 0.29) is 6.04 Å². The summed E-state index contributed by atoms with van der Waals surface area (Å²) in [5.41, 5.74) is 0. The number of hydrogen-bond acceptors (Lipinski definition) is 3. The van der Waals surface area contributed by atoms with Gasteiger partial charge in [-0.2, -0.15) is 0 Å². The summed E-state index contributed by atoms with van der Waals surface area (Å²) in [5.74, 6) is -0.495. The van der Waals surface area contributed by atoms with Gasteiger partial charge in [-0.15, -0.1) is 0 Å². The fourth-order valence-electron chi connectivity index (χ4n) is 2.47. The number of nitrogens with one attached hydrogen (secondary N) is 2. The number of urea groups is 1. The molecule has 0 unspecified atom stereocenters. The van der Waals surface area contributed by atoms with Crippen molar-refractivity contribution in [1.82, 2.24) is 10.6 Å². The standard InChI is InChI=1S/C13H24N2O4/c1-3-9-4-6-10(7-5-9)14-13(19)15-11(8(2)16)12(17)18/h8-11,16H,3-7H2,1-2H3,(H,17,18)(H2,14,15,19)/t8-,9?,10?,11+/m1/s1. The Morgan fingerprint density at radius 1 is 1.26 bits per heavy atom. The van der Waals surface area contributed by atoms with Gasteiger partial charge in [0.15, 0.2) is 6.04 Å². The molecule has 0 heterocycles. The van der Waals surface area contributed by atoms with Crippen LogP contribution in [0, 0.1) is 5.92 Å². The van der Waals surface area contributed by atoms with Gasteiger partial charge >= 0.3 is 12.0 Å². The van der Waals surface area contributed by atoms with Crippen molar-refractivity contribution in [2.75, 3.05) is 0 Å². The fourth-order valence-corrected chi connectivity index (χ4v) is 2.47. The maximum absolute atomic E-state index is 11.7. The minimum atomic E-state index is -1.27. The highest BCUT2D eigenvalue weighted by atomic mass is 16.4. The highest BCUT2D eigenvalue weighted by Crippen LogP contribution is 2.26. The average Bonchev–Trinajstić information content (AvgIpc) is 2.36. The van der Waals surface area contributed by atoms with Crippen molar-refractivity contribution < 1.29 is 19.8 Å². The fraction of sp³-hybridized carbons (Fsp3) is 0.846. The molecular weight excluding hydrogens is 248 g/mol. The van der Waals surface area contributed by atoms with Gasteiger partial charge in [-0.1, -0.05) is 13.3 Å². The lowest BCUT2D eigenvalue weighted by Crippen LogP contribution is -2.53. The second-order valence-corrected chi connectivity index (χ2v) is 5.30. The Balaban J connectivity index is 2.37. The highest BCUT2D eigenvalue weighted by Gasteiger charge is 2.27. The summed E-state index contributed by atoms with van der Waals surface area (Å²) in [6.45, 7) is 3.51. The van der Waals surface area contributed by atoms with Gasteiger partial charge in [0.05, 0.1) is 6.10 Å². The van der Waals surface area contributed by atoms with E-state index in [4.69, 9.17) is 5.11 Å². The van der Waals surface area contributed by atoms with Crippen LogP contribution in [0.25, 0.3) is 0 Å². The lowest BCUT2D eigenvalue weighted by Gasteiger charge is -2.29. The number of hydrogen-bond donors (Lipinski definition) is 4. The van der Waals surface area contributed by atoms with Crippen LogP contribution in [0.1, 0.15) is 46.0 Å². The first-order valence-electron chi connectivity index (χ1n) is 6.92. The van der Waals surface area contributed by atoms with E-state index in [2.05, 4.69) is 17.6 Å². The second-order valence-electron chi connectivity index (χ2n) is 5.30. The number of aliphatic hydroxyl groups is 1. The number of carbonyl (C=O) groups is 2. The summed E-state index contributed by atoms with van der Waals surface area (Å²) in [6, 6.07) is -1.69. The van der Waals surface area contributed by atoms with Gasteiger partial charge in [-0.25, -0.2) is 9.59 Å². The molecule has 2 atom stereocenters. The second kappa shape index (κ2) is 7.33. The van der Waals surface area contributed by atoms with Crippen molar-refractivity contribution in [3.63, 3.8) is 0 Å². The van der Waals surface area contributed by atoms with Gasteiger partial charge in [0, 0.05) is 6.04 Å². The molecule has 0 saturated heterocycles. The molecule has 0 aromatic heterocycles. The van der Waals surface area contributed by atoms with Crippen LogP contribution < -0.4 is 10.6 Å². The van der Waals surface area contributed by atoms with Crippen molar-refractivity contribution in [3.8, 4) is 0 Å². The summed E-state index contributed by atoms with van der Waals surface area (Å²) in [5, 5.41) is 23.2. The van der Waals surface area contributed by atoms with Crippen LogP contribution in [0.15, 0.2) is 0 Å². The molecule has 19 heavy (non-hydrogen) atoms. The number of aliphatic carboxylic acids is 1. The Kier molecular flexibility index (Phi) is 6.08. The molecule has 6 nitrogen and oxygen atoms in total. The summed E-state index contributed by atoms with van der Waals surface area (Å²) in [6.07, 6.45) is 4.10. The first kappa shape index (κ1) is 15.8. The number of aliphatic hydroxyl groups excluding tert-OH is 1. The molecule has 6 heteroatoms. The summed E-state index contributed by atoms with van der Waals surface area (Å²) < 4.78 is 0. The average molecular weight is 272 g/mol. The van der Waals surface area contributed by atoms with Crippen LogP contribution in [-0.2, 0) is 4.79 Å². The third-order valence-electron chi connectivity index (χ3n) is 3.79. The predicted octanol–water partition coefficient (Wildman–Crippen LogP) is 1.09. The number of rotatable bonds is 5. The number of carbonyl (C=O) groups excluding carboxylic acids is 1. The van der Waals surface area contributed by atoms with Gasteiger partial charge < -0.3 is 20.8 Å². The molecule has 1 saturated carbocycles. The first-order valence-corrected chi connectivity index (χ1v) is 6.92. The van der Waals surface area contributed by atoms with Crippen molar-refractivity contribution in [2.24, 2.45) is 5.92 Å². The van der Waals surface area contributed by atoms with Crippen LogP contribution in [-0.4, -0.2) is 40.4 Å². The van der Waals surface area contributed by atoms with Gasteiger partial charge in [-0.05, 0) is 38.5 Å². The van der Waals surface area contributed by atoms with E-state index in [1.165, 1.54) is 13.3 Å². The van der Waals surface area contributed by atoms with Crippen LogP contribution >= 0.6 is 0 Å². The minimum Gasteiger partial charge on any atom is -0.480 e. The van der Waals surface area contributed by atoms with E-state index in [1.54, 1.807) is 0 Å². The highest BCUT2D eigenvalue weighted by molar-refractivity contribution is 5.83. The summed E-state index contributed by atoms with van der Waals surface area (Å²) >= 11 is 0. The first-order chi connectivity index (χ1) is 8.93. The van der Waals surface area contributed by atoms with E-state index in [1.807, 2.05) is 0 Å². The van der Waals surface area contributed by atoms with Crippen LogP contribution in [0.5, 0.6) is 0 Å². The largest absolute Gasteiger partial charge is 0.480 e. The molecule has 4 N–H and O–H groups in total. The maximum atomic E-state index is 11.7. The Hall–Kier alpha value is -1.30. The normalized spacial score (nSPS) is 26.3. The summed E-state index contributed by atoms with van der Waals surface area (Å²) in [7, 11) is 0. The van der Waals surface area contributed by atoms with Crippen LogP contribution in [0.3, 0.4) is 0 Å². The van der Waals surface area contributed by atoms with E-state index in [0.717, 1.165) is 31.6 Å². The smallest absolute Gasteiger partial charge is 0.328 e. The zero-order chi connectivity index (χ0) is 14.4. The van der Waals surface area contributed by atoms with Crippen molar-refractivity contribution >= 4 is 12.0 Å². The number of carboxylic acid groups (broad SMARTS) is 1. The maximum Gasteiger partial charge on any atom is 0.328 e. The quantitative estimate of drug-likeness (QED) is 0.602. The minimum absolute atomic E-state index is 0.103. The number of amides is 2. The molecule has 110 valence electrons. The molecule has 1 fully saturated rings. The van der Waals surface area contributed by atoms with Crippen LogP contribution in [0.2, 0.25) is 0 Å².